The number of rotatable bonds is 1. The summed E-state index contributed by atoms with van der Waals surface area (Å²) in [7, 11) is 0. The van der Waals surface area contributed by atoms with Crippen LogP contribution in [0, 0.1) is 11.8 Å². The van der Waals surface area contributed by atoms with Crippen LogP contribution in [0.2, 0.25) is 0 Å². The summed E-state index contributed by atoms with van der Waals surface area (Å²) in [6, 6.07) is 0. The van der Waals surface area contributed by atoms with Gasteiger partial charge in [-0.3, -0.25) is 0 Å². The fourth-order valence-corrected chi connectivity index (χ4v) is 2.37. The van der Waals surface area contributed by atoms with Crippen molar-refractivity contribution in [3.63, 3.8) is 0 Å². The SMILES string of the molecule is CC1CCCCC1C(C)(C)O. The third-order valence-corrected chi connectivity index (χ3v) is 3.02. The van der Waals surface area contributed by atoms with E-state index in [0.717, 1.165) is 0 Å². The molecular weight excluding hydrogens is 136 g/mol. The molecule has 1 fully saturated rings. The third kappa shape index (κ3) is 2.19. The highest BCUT2D eigenvalue weighted by atomic mass is 16.3. The van der Waals surface area contributed by atoms with Gasteiger partial charge in [0.1, 0.15) is 0 Å². The molecule has 0 aromatic heterocycles. The summed E-state index contributed by atoms with van der Waals surface area (Å²) in [5, 5.41) is 9.81. The highest BCUT2D eigenvalue weighted by Crippen LogP contribution is 2.36. The van der Waals surface area contributed by atoms with Crippen LogP contribution in [0.3, 0.4) is 0 Å². The zero-order valence-electron chi connectivity index (χ0n) is 7.93. The van der Waals surface area contributed by atoms with Gasteiger partial charge in [-0.1, -0.05) is 26.2 Å². The average molecular weight is 156 g/mol. The summed E-state index contributed by atoms with van der Waals surface area (Å²) in [6.07, 6.45) is 5.17. The molecule has 0 heterocycles. The molecule has 0 amide bonds. The minimum Gasteiger partial charge on any atom is -0.390 e. The molecule has 0 aromatic rings. The van der Waals surface area contributed by atoms with Crippen LogP contribution < -0.4 is 0 Å². The zero-order chi connectivity index (χ0) is 8.48. The standard InChI is InChI=1S/C10H20O/c1-8-6-4-5-7-9(8)10(2,3)11/h8-9,11H,4-7H2,1-3H3. The highest BCUT2D eigenvalue weighted by molar-refractivity contribution is 4.83. The maximum absolute atomic E-state index is 9.81. The molecule has 1 aliphatic carbocycles. The third-order valence-electron chi connectivity index (χ3n) is 3.02. The van der Waals surface area contributed by atoms with Gasteiger partial charge in [-0.15, -0.1) is 0 Å². The van der Waals surface area contributed by atoms with Crippen LogP contribution in [0.1, 0.15) is 46.5 Å². The molecule has 0 spiro atoms. The van der Waals surface area contributed by atoms with Crippen molar-refractivity contribution in [1.82, 2.24) is 0 Å². The van der Waals surface area contributed by atoms with Crippen LogP contribution in [-0.2, 0) is 0 Å². The molecule has 0 bridgehead atoms. The van der Waals surface area contributed by atoms with Gasteiger partial charge in [0, 0.05) is 0 Å². The molecule has 0 radical (unpaired) electrons. The fourth-order valence-electron chi connectivity index (χ4n) is 2.37. The van der Waals surface area contributed by atoms with Crippen LogP contribution in [-0.4, -0.2) is 10.7 Å². The number of hydrogen-bond donors (Lipinski definition) is 1. The Kier molecular flexibility index (Phi) is 2.58. The molecule has 2 atom stereocenters. The summed E-state index contributed by atoms with van der Waals surface area (Å²) in [6.45, 7) is 6.15. The second kappa shape index (κ2) is 3.14. The minimum absolute atomic E-state index is 0.458. The van der Waals surface area contributed by atoms with Gasteiger partial charge in [0.05, 0.1) is 5.60 Å². The van der Waals surface area contributed by atoms with Crippen molar-refractivity contribution < 1.29 is 5.11 Å². The van der Waals surface area contributed by atoms with E-state index in [1.165, 1.54) is 25.7 Å². The average Bonchev–Trinajstić information content (AvgIpc) is 1.86. The fraction of sp³-hybridized carbons (Fsp3) is 1.00. The number of aliphatic hydroxyl groups is 1. The molecule has 1 nitrogen and oxygen atoms in total. The topological polar surface area (TPSA) is 20.2 Å². The maximum atomic E-state index is 9.81. The molecule has 66 valence electrons. The van der Waals surface area contributed by atoms with Gasteiger partial charge in [-0.25, -0.2) is 0 Å². The molecule has 2 unspecified atom stereocenters. The lowest BCUT2D eigenvalue weighted by atomic mass is 9.72. The summed E-state index contributed by atoms with van der Waals surface area (Å²) < 4.78 is 0. The van der Waals surface area contributed by atoms with Crippen molar-refractivity contribution in [2.24, 2.45) is 11.8 Å². The zero-order valence-corrected chi connectivity index (χ0v) is 7.93. The summed E-state index contributed by atoms with van der Waals surface area (Å²) in [4.78, 5) is 0. The van der Waals surface area contributed by atoms with Crippen molar-refractivity contribution in [2.45, 2.75) is 52.1 Å². The molecular formula is C10H20O. The van der Waals surface area contributed by atoms with Crippen LogP contribution in [0.15, 0.2) is 0 Å². The van der Waals surface area contributed by atoms with Gasteiger partial charge < -0.3 is 5.11 Å². The van der Waals surface area contributed by atoms with Gasteiger partial charge in [-0.2, -0.15) is 0 Å². The molecule has 0 aliphatic heterocycles. The van der Waals surface area contributed by atoms with E-state index in [0.29, 0.717) is 11.8 Å². The van der Waals surface area contributed by atoms with Crippen molar-refractivity contribution in [2.75, 3.05) is 0 Å². The largest absolute Gasteiger partial charge is 0.390 e. The second-order valence-electron chi connectivity index (χ2n) is 4.52. The molecule has 1 aliphatic rings. The van der Waals surface area contributed by atoms with Gasteiger partial charge in [0.2, 0.25) is 0 Å². The predicted octanol–water partition coefficient (Wildman–Crippen LogP) is 2.58. The Morgan fingerprint density at radius 2 is 1.73 bits per heavy atom. The van der Waals surface area contributed by atoms with E-state index < -0.39 is 5.60 Å². The van der Waals surface area contributed by atoms with Crippen molar-refractivity contribution in [3.05, 3.63) is 0 Å². The van der Waals surface area contributed by atoms with Crippen LogP contribution in [0.4, 0.5) is 0 Å². The Hall–Kier alpha value is -0.0400. The summed E-state index contributed by atoms with van der Waals surface area (Å²) >= 11 is 0. The van der Waals surface area contributed by atoms with E-state index in [2.05, 4.69) is 6.92 Å². The van der Waals surface area contributed by atoms with Crippen molar-refractivity contribution >= 4 is 0 Å². The van der Waals surface area contributed by atoms with Gasteiger partial charge in [-0.05, 0) is 32.1 Å². The molecule has 1 heteroatoms. The Bertz CT molecular complexity index is 123. The molecule has 1 rings (SSSR count). The van der Waals surface area contributed by atoms with Gasteiger partial charge >= 0.3 is 0 Å². The van der Waals surface area contributed by atoms with E-state index in [1.807, 2.05) is 13.8 Å². The van der Waals surface area contributed by atoms with E-state index in [-0.39, 0.29) is 0 Å². The molecule has 1 N–H and O–H groups in total. The lowest BCUT2D eigenvalue weighted by Crippen LogP contribution is -2.37. The lowest BCUT2D eigenvalue weighted by molar-refractivity contribution is -0.0229. The number of hydrogen-bond acceptors (Lipinski definition) is 1. The normalized spacial score (nSPS) is 33.8. The van der Waals surface area contributed by atoms with Crippen LogP contribution in [0.5, 0.6) is 0 Å². The first-order valence-corrected chi connectivity index (χ1v) is 4.74. The smallest absolute Gasteiger partial charge is 0.0622 e. The molecule has 0 saturated heterocycles. The molecule has 11 heavy (non-hydrogen) atoms. The molecule has 0 aromatic carbocycles. The maximum Gasteiger partial charge on any atom is 0.0622 e. The quantitative estimate of drug-likeness (QED) is 0.618. The lowest BCUT2D eigenvalue weighted by Gasteiger charge is -2.37. The first-order valence-electron chi connectivity index (χ1n) is 4.74. The monoisotopic (exact) mass is 156 g/mol. The first kappa shape index (κ1) is 9.05. The highest BCUT2D eigenvalue weighted by Gasteiger charge is 2.32. The summed E-state index contributed by atoms with van der Waals surface area (Å²) in [5.74, 6) is 1.24. The molecule has 1 saturated carbocycles. The van der Waals surface area contributed by atoms with Gasteiger partial charge in [0.25, 0.3) is 0 Å². The van der Waals surface area contributed by atoms with Crippen molar-refractivity contribution in [3.8, 4) is 0 Å². The van der Waals surface area contributed by atoms with E-state index in [9.17, 15) is 5.11 Å². The Morgan fingerprint density at radius 1 is 1.18 bits per heavy atom. The summed E-state index contributed by atoms with van der Waals surface area (Å²) in [5.41, 5.74) is -0.458. The van der Waals surface area contributed by atoms with E-state index in [4.69, 9.17) is 0 Å². The predicted molar refractivity (Wildman–Crippen MR) is 47.4 cm³/mol. The second-order valence-corrected chi connectivity index (χ2v) is 4.52. The first-order chi connectivity index (χ1) is 5.02. The Labute approximate surface area is 69.8 Å². The minimum atomic E-state index is -0.458. The Morgan fingerprint density at radius 3 is 2.09 bits per heavy atom. The van der Waals surface area contributed by atoms with Crippen molar-refractivity contribution in [1.29, 1.82) is 0 Å². The van der Waals surface area contributed by atoms with E-state index in [1.54, 1.807) is 0 Å². The Balaban J connectivity index is 2.55. The van der Waals surface area contributed by atoms with Gasteiger partial charge in [0.15, 0.2) is 0 Å². The van der Waals surface area contributed by atoms with Crippen LogP contribution >= 0.6 is 0 Å². The van der Waals surface area contributed by atoms with Crippen LogP contribution in [0.25, 0.3) is 0 Å². The van der Waals surface area contributed by atoms with E-state index >= 15 is 0 Å².